The van der Waals surface area contributed by atoms with E-state index in [-0.39, 0.29) is 16.6 Å². The molecule has 0 bridgehead atoms. The molecule has 1 amide bonds. The highest BCUT2D eigenvalue weighted by Crippen LogP contribution is 2.19. The standard InChI is InChI=1S/C14H18F2N2O2S/c1-3-14(4-2,12(17)21)18-11(19)9-5-7-10(8-6-9)20-13(15)16/h5-8,13H,3-4H2,1-2H3,(H2,17,21)(H,18,19). The fourth-order valence-corrected chi connectivity index (χ4v) is 2.25. The molecule has 0 heterocycles. The molecule has 1 aromatic carbocycles. The van der Waals surface area contributed by atoms with Gasteiger partial charge in [-0.2, -0.15) is 8.78 Å². The molecule has 0 atom stereocenters. The van der Waals surface area contributed by atoms with Crippen molar-refractivity contribution in [3.05, 3.63) is 29.8 Å². The molecule has 1 rings (SSSR count). The van der Waals surface area contributed by atoms with Gasteiger partial charge in [-0.3, -0.25) is 4.79 Å². The first-order chi connectivity index (χ1) is 9.84. The van der Waals surface area contributed by atoms with Gasteiger partial charge in [0.15, 0.2) is 0 Å². The molecule has 0 aromatic heterocycles. The summed E-state index contributed by atoms with van der Waals surface area (Å²) in [5, 5.41) is 2.81. The van der Waals surface area contributed by atoms with E-state index in [0.29, 0.717) is 18.4 Å². The lowest BCUT2D eigenvalue weighted by Crippen LogP contribution is -2.55. The van der Waals surface area contributed by atoms with Crippen molar-refractivity contribution in [1.82, 2.24) is 5.32 Å². The number of nitrogens with two attached hydrogens (primary N) is 1. The lowest BCUT2D eigenvalue weighted by atomic mass is 9.92. The topological polar surface area (TPSA) is 64.3 Å². The van der Waals surface area contributed by atoms with E-state index in [0.717, 1.165) is 0 Å². The average Bonchev–Trinajstić information content (AvgIpc) is 2.44. The summed E-state index contributed by atoms with van der Waals surface area (Å²) in [7, 11) is 0. The van der Waals surface area contributed by atoms with E-state index >= 15 is 0 Å². The van der Waals surface area contributed by atoms with Crippen LogP contribution in [0.2, 0.25) is 0 Å². The minimum absolute atomic E-state index is 0.00635. The Morgan fingerprint density at radius 2 is 1.86 bits per heavy atom. The molecule has 0 saturated carbocycles. The van der Waals surface area contributed by atoms with Gasteiger partial charge in [-0.05, 0) is 37.1 Å². The molecule has 4 nitrogen and oxygen atoms in total. The molecule has 3 N–H and O–H groups in total. The Labute approximate surface area is 127 Å². The first-order valence-corrected chi connectivity index (χ1v) is 6.92. The highest BCUT2D eigenvalue weighted by atomic mass is 32.1. The van der Waals surface area contributed by atoms with Crippen molar-refractivity contribution in [2.75, 3.05) is 0 Å². The van der Waals surface area contributed by atoms with Gasteiger partial charge < -0.3 is 15.8 Å². The van der Waals surface area contributed by atoms with Crippen molar-refractivity contribution in [3.63, 3.8) is 0 Å². The van der Waals surface area contributed by atoms with Crippen LogP contribution in [0, 0.1) is 0 Å². The smallest absolute Gasteiger partial charge is 0.387 e. The second-order valence-corrected chi connectivity index (χ2v) is 4.95. The Hall–Kier alpha value is -1.76. The fourth-order valence-electron chi connectivity index (χ4n) is 1.91. The van der Waals surface area contributed by atoms with E-state index in [1.165, 1.54) is 24.3 Å². The maximum Gasteiger partial charge on any atom is 0.387 e. The number of alkyl halides is 2. The number of rotatable bonds is 7. The normalized spacial score (nSPS) is 11.3. The highest BCUT2D eigenvalue weighted by molar-refractivity contribution is 7.80. The summed E-state index contributed by atoms with van der Waals surface area (Å²) in [5.74, 6) is -0.372. The molecule has 0 saturated heterocycles. The monoisotopic (exact) mass is 316 g/mol. The van der Waals surface area contributed by atoms with Crippen molar-refractivity contribution in [1.29, 1.82) is 0 Å². The minimum atomic E-state index is -2.90. The van der Waals surface area contributed by atoms with Crippen LogP contribution in [-0.4, -0.2) is 23.0 Å². The van der Waals surface area contributed by atoms with E-state index in [4.69, 9.17) is 18.0 Å². The lowest BCUT2D eigenvalue weighted by Gasteiger charge is -2.31. The molecule has 0 fully saturated rings. The van der Waals surface area contributed by atoms with Gasteiger partial charge in [0, 0.05) is 5.56 Å². The Bertz CT molecular complexity index is 502. The molecule has 21 heavy (non-hydrogen) atoms. The van der Waals surface area contributed by atoms with E-state index in [1.54, 1.807) is 0 Å². The summed E-state index contributed by atoms with van der Waals surface area (Å²) in [5.41, 5.74) is 5.28. The van der Waals surface area contributed by atoms with E-state index in [1.807, 2.05) is 13.8 Å². The van der Waals surface area contributed by atoms with Crippen LogP contribution < -0.4 is 15.8 Å². The van der Waals surface area contributed by atoms with Crippen LogP contribution in [0.25, 0.3) is 0 Å². The number of halogens is 2. The summed E-state index contributed by atoms with van der Waals surface area (Å²) >= 11 is 5.02. The number of amides is 1. The van der Waals surface area contributed by atoms with E-state index < -0.39 is 12.2 Å². The molecule has 0 aliphatic heterocycles. The summed E-state index contributed by atoms with van der Waals surface area (Å²) in [6.07, 6.45) is 1.13. The van der Waals surface area contributed by atoms with Crippen molar-refractivity contribution in [2.24, 2.45) is 5.73 Å². The molecule has 0 radical (unpaired) electrons. The Morgan fingerprint density at radius 3 is 2.24 bits per heavy atom. The van der Waals surface area contributed by atoms with Crippen LogP contribution in [0.1, 0.15) is 37.0 Å². The largest absolute Gasteiger partial charge is 0.435 e. The van der Waals surface area contributed by atoms with Gasteiger partial charge in [-0.1, -0.05) is 26.1 Å². The number of thiocarbonyl (C=S) groups is 1. The zero-order chi connectivity index (χ0) is 16.0. The lowest BCUT2D eigenvalue weighted by molar-refractivity contribution is -0.0498. The molecule has 116 valence electrons. The average molecular weight is 316 g/mol. The summed E-state index contributed by atoms with van der Waals surface area (Å²) < 4.78 is 28.3. The number of hydrogen-bond acceptors (Lipinski definition) is 3. The van der Waals surface area contributed by atoms with Gasteiger partial charge in [0.05, 0.1) is 10.5 Å². The third-order valence-corrected chi connectivity index (χ3v) is 3.76. The number of carbonyl (C=O) groups excluding carboxylic acids is 1. The van der Waals surface area contributed by atoms with E-state index in [2.05, 4.69) is 10.1 Å². The zero-order valence-electron chi connectivity index (χ0n) is 11.9. The summed E-state index contributed by atoms with van der Waals surface area (Å²) in [6.45, 7) is 0.859. The van der Waals surface area contributed by atoms with Crippen molar-refractivity contribution in [3.8, 4) is 5.75 Å². The molecular formula is C14H18F2N2O2S. The third kappa shape index (κ3) is 4.35. The van der Waals surface area contributed by atoms with Gasteiger partial charge in [-0.15, -0.1) is 0 Å². The predicted molar refractivity (Wildman–Crippen MR) is 80.6 cm³/mol. The van der Waals surface area contributed by atoms with Gasteiger partial charge >= 0.3 is 6.61 Å². The highest BCUT2D eigenvalue weighted by Gasteiger charge is 2.31. The van der Waals surface area contributed by atoms with Gasteiger partial charge in [0.25, 0.3) is 5.91 Å². The zero-order valence-corrected chi connectivity index (χ0v) is 12.7. The van der Waals surface area contributed by atoms with Crippen molar-refractivity contribution >= 4 is 23.1 Å². The molecular weight excluding hydrogens is 298 g/mol. The first kappa shape index (κ1) is 17.3. The number of nitrogens with one attached hydrogen (secondary N) is 1. The van der Waals surface area contributed by atoms with Crippen LogP contribution in [0.4, 0.5) is 8.78 Å². The molecule has 0 aliphatic rings. The second-order valence-electron chi connectivity index (χ2n) is 4.51. The van der Waals surface area contributed by atoms with Crippen LogP contribution in [0.15, 0.2) is 24.3 Å². The quantitative estimate of drug-likeness (QED) is 0.759. The molecule has 0 aliphatic carbocycles. The number of ether oxygens (including phenoxy) is 1. The van der Waals surface area contributed by atoms with Crippen LogP contribution in [-0.2, 0) is 0 Å². The SMILES string of the molecule is CCC(CC)(NC(=O)c1ccc(OC(F)F)cc1)C(N)=S. The van der Waals surface area contributed by atoms with E-state index in [9.17, 15) is 13.6 Å². The maximum absolute atomic E-state index is 12.2. The van der Waals surface area contributed by atoms with Crippen LogP contribution in [0.3, 0.4) is 0 Å². The van der Waals surface area contributed by atoms with Crippen LogP contribution in [0.5, 0.6) is 5.75 Å². The molecule has 1 aromatic rings. The fraction of sp³-hybridized carbons (Fsp3) is 0.429. The molecule has 0 spiro atoms. The molecule has 7 heteroatoms. The minimum Gasteiger partial charge on any atom is -0.435 e. The molecule has 0 unspecified atom stereocenters. The van der Waals surface area contributed by atoms with Gasteiger partial charge in [-0.25, -0.2) is 0 Å². The Kier molecular flexibility index (Phi) is 6.02. The summed E-state index contributed by atoms with van der Waals surface area (Å²) in [4.78, 5) is 12.4. The van der Waals surface area contributed by atoms with Crippen molar-refractivity contribution in [2.45, 2.75) is 38.8 Å². The Balaban J connectivity index is 2.86. The second kappa shape index (κ2) is 7.31. The Morgan fingerprint density at radius 1 is 1.33 bits per heavy atom. The van der Waals surface area contributed by atoms with Crippen LogP contribution >= 0.6 is 12.2 Å². The maximum atomic E-state index is 12.2. The number of benzene rings is 1. The van der Waals surface area contributed by atoms with Gasteiger partial charge in [0.2, 0.25) is 0 Å². The van der Waals surface area contributed by atoms with Crippen molar-refractivity contribution < 1.29 is 18.3 Å². The van der Waals surface area contributed by atoms with Gasteiger partial charge in [0.1, 0.15) is 5.75 Å². The summed E-state index contributed by atoms with van der Waals surface area (Å²) in [6, 6.07) is 5.42. The third-order valence-electron chi connectivity index (χ3n) is 3.37. The number of hydrogen-bond donors (Lipinski definition) is 2. The number of carbonyl (C=O) groups is 1. The first-order valence-electron chi connectivity index (χ1n) is 6.52. The predicted octanol–water partition coefficient (Wildman–Crippen LogP) is 2.86.